The lowest BCUT2D eigenvalue weighted by molar-refractivity contribution is -0.162. The van der Waals surface area contributed by atoms with Crippen LogP contribution in [0, 0.1) is 11.8 Å². The number of carbonyl (C=O) groups excluding carboxylic acids is 4. The molecule has 1 aromatic carbocycles. The van der Waals surface area contributed by atoms with Crippen molar-refractivity contribution in [3.8, 4) is 5.75 Å². The number of amides is 2. The molecule has 0 heterocycles. The molecule has 3 aliphatic rings. The van der Waals surface area contributed by atoms with Gasteiger partial charge in [-0.05, 0) is 45.7 Å². The largest absolute Gasteiger partial charge is 0.510 e. The minimum atomic E-state index is -3.02. The number of phenolic OH excluding ortho intramolecular Hbond substituents is 1. The maximum Gasteiger partial charge on any atom is 0.255 e. The zero-order valence-corrected chi connectivity index (χ0v) is 23.1. The van der Waals surface area contributed by atoms with Crippen molar-refractivity contribution in [2.75, 3.05) is 40.1 Å². The number of Topliss-reactive ketones (excluding diaryl/α,β-unsaturated/α-hetero) is 2. The smallest absolute Gasteiger partial charge is 0.255 e. The summed E-state index contributed by atoms with van der Waals surface area (Å²) < 4.78 is 0. The number of hydrogen-bond acceptors (Lipinski definition) is 12. The number of phenols is 1. The number of likely N-dealkylation sites (N-methyl/N-ethyl adjacent to an activating group) is 2. The molecule has 0 saturated heterocycles. The lowest BCUT2D eigenvalue weighted by Crippen LogP contribution is -2.68. The van der Waals surface area contributed by atoms with Crippen LogP contribution < -0.4 is 11.1 Å². The number of anilines is 1. The SMILES string of the molecule is CC1c2ccc(NC(=O)C(CO)N(C)C)c(O)c2C(=O)C2=C(O)C3(O)C(=O)C(C(N)=O)=C(O)[C@@H](N(C)C)C3C(O)C21. The topological polar surface area (TPSA) is 234 Å². The van der Waals surface area contributed by atoms with Gasteiger partial charge in [-0.3, -0.25) is 29.0 Å². The molecule has 0 aliphatic heterocycles. The van der Waals surface area contributed by atoms with E-state index < -0.39 is 99.9 Å². The number of aliphatic hydroxyl groups excluding tert-OH is 4. The van der Waals surface area contributed by atoms with Crippen LogP contribution in [0.3, 0.4) is 0 Å². The van der Waals surface area contributed by atoms with Gasteiger partial charge in [-0.1, -0.05) is 13.0 Å². The molecule has 3 aliphatic carbocycles. The van der Waals surface area contributed by atoms with Gasteiger partial charge in [0, 0.05) is 11.5 Å². The number of rotatable bonds is 6. The number of benzene rings is 1. The van der Waals surface area contributed by atoms with Gasteiger partial charge in [-0.25, -0.2) is 0 Å². The molecule has 9 N–H and O–H groups in total. The van der Waals surface area contributed by atoms with E-state index >= 15 is 0 Å². The van der Waals surface area contributed by atoms with Gasteiger partial charge in [-0.2, -0.15) is 0 Å². The highest BCUT2D eigenvalue weighted by atomic mass is 16.4. The summed E-state index contributed by atoms with van der Waals surface area (Å²) in [4.78, 5) is 54.9. The maximum absolute atomic E-state index is 13.9. The van der Waals surface area contributed by atoms with Crippen molar-refractivity contribution in [1.82, 2.24) is 9.80 Å². The maximum atomic E-state index is 13.9. The van der Waals surface area contributed by atoms with Crippen LogP contribution in [-0.2, 0) is 14.4 Å². The molecule has 0 saturated carbocycles. The number of hydrogen-bond donors (Lipinski definition) is 8. The van der Waals surface area contributed by atoms with Gasteiger partial charge in [0.25, 0.3) is 5.91 Å². The third-order valence-electron chi connectivity index (χ3n) is 8.49. The Hall–Kier alpha value is -3.82. The van der Waals surface area contributed by atoms with Gasteiger partial charge in [0.2, 0.25) is 11.7 Å². The van der Waals surface area contributed by atoms with E-state index in [1.807, 2.05) is 0 Å². The van der Waals surface area contributed by atoms with Crippen molar-refractivity contribution < 1.29 is 49.8 Å². The van der Waals surface area contributed by atoms with Gasteiger partial charge in [0.05, 0.1) is 35.9 Å². The highest BCUT2D eigenvalue weighted by molar-refractivity contribution is 6.25. The van der Waals surface area contributed by atoms with E-state index in [0.717, 1.165) is 0 Å². The van der Waals surface area contributed by atoms with Gasteiger partial charge < -0.3 is 41.7 Å². The van der Waals surface area contributed by atoms with E-state index in [1.54, 1.807) is 21.0 Å². The fraction of sp³-hybridized carbons (Fsp3) is 0.481. The first-order chi connectivity index (χ1) is 19.0. The molecule has 14 nitrogen and oxygen atoms in total. The Morgan fingerprint density at radius 2 is 1.73 bits per heavy atom. The van der Waals surface area contributed by atoms with E-state index in [-0.39, 0.29) is 16.8 Å². The van der Waals surface area contributed by atoms with Crippen molar-refractivity contribution in [3.63, 3.8) is 0 Å². The number of nitrogens with two attached hydrogens (primary N) is 1. The summed E-state index contributed by atoms with van der Waals surface area (Å²) in [5.74, 6) is -10.8. The highest BCUT2D eigenvalue weighted by Gasteiger charge is 2.67. The summed E-state index contributed by atoms with van der Waals surface area (Å²) in [5, 5.41) is 68.7. The normalized spacial score (nSPS) is 30.2. The summed E-state index contributed by atoms with van der Waals surface area (Å²) in [7, 11) is 6.03. The van der Waals surface area contributed by atoms with Crippen LogP contribution in [0.5, 0.6) is 5.75 Å². The standard InChI is InChI=1S/C27H34N4O10/c1-9-10-6-7-11(29-26(40)12(8-32)30(2)3)19(33)14(10)20(34)15-13(9)21(35)17-18(31(4)5)22(36)16(25(28)39)24(38)27(17,41)23(15)37/h6-7,9,12-13,17-18,21,32-33,35-37,41H,8H2,1-5H3,(H2,28,39)(H,29,40)/t9?,12?,13?,17?,18-,21?,27?/m0/s1. The fourth-order valence-electron chi connectivity index (χ4n) is 6.42. The lowest BCUT2D eigenvalue weighted by atomic mass is 9.55. The second-order valence-electron chi connectivity index (χ2n) is 11.1. The fourth-order valence-corrected chi connectivity index (χ4v) is 6.42. The number of fused-ring (bicyclic) bond motifs is 3. The average molecular weight is 575 g/mol. The Labute approximate surface area is 235 Å². The first kappa shape index (κ1) is 30.1. The number of primary amides is 1. The van der Waals surface area contributed by atoms with E-state index in [1.165, 1.54) is 36.0 Å². The molecule has 7 atom stereocenters. The molecule has 4 rings (SSSR count). The summed E-state index contributed by atoms with van der Waals surface area (Å²) >= 11 is 0. The molecule has 2 amide bonds. The Bertz CT molecular complexity index is 1420. The molecule has 0 radical (unpaired) electrons. The number of carbonyl (C=O) groups is 4. The van der Waals surface area contributed by atoms with Gasteiger partial charge in [0.15, 0.2) is 17.1 Å². The van der Waals surface area contributed by atoms with Gasteiger partial charge >= 0.3 is 0 Å². The number of aliphatic hydroxyl groups is 5. The zero-order chi connectivity index (χ0) is 30.9. The van der Waals surface area contributed by atoms with Crippen LogP contribution in [-0.4, -0.2) is 122 Å². The van der Waals surface area contributed by atoms with Gasteiger partial charge in [-0.15, -0.1) is 0 Å². The molecule has 0 fully saturated rings. The summed E-state index contributed by atoms with van der Waals surface area (Å²) in [6.07, 6.45) is -1.71. The van der Waals surface area contributed by atoms with Crippen LogP contribution >= 0.6 is 0 Å². The van der Waals surface area contributed by atoms with Crippen LogP contribution in [0.2, 0.25) is 0 Å². The van der Waals surface area contributed by atoms with Crippen molar-refractivity contribution in [2.45, 2.75) is 36.6 Å². The lowest BCUT2D eigenvalue weighted by Gasteiger charge is -2.53. The first-order valence-electron chi connectivity index (χ1n) is 12.8. The Balaban J connectivity index is 1.92. The summed E-state index contributed by atoms with van der Waals surface area (Å²) in [6, 6.07) is 0.475. The summed E-state index contributed by atoms with van der Waals surface area (Å²) in [5.41, 5.74) is 0.494. The molecule has 0 spiro atoms. The predicted molar refractivity (Wildman–Crippen MR) is 143 cm³/mol. The van der Waals surface area contributed by atoms with Crippen LogP contribution in [0.25, 0.3) is 0 Å². The zero-order valence-electron chi connectivity index (χ0n) is 23.1. The molecule has 0 aromatic heterocycles. The Morgan fingerprint density at radius 1 is 1.12 bits per heavy atom. The van der Waals surface area contributed by atoms with Crippen LogP contribution in [0.15, 0.2) is 34.8 Å². The third kappa shape index (κ3) is 4.13. The van der Waals surface area contributed by atoms with Gasteiger partial charge in [0.1, 0.15) is 23.1 Å². The van der Waals surface area contributed by atoms with Crippen molar-refractivity contribution >= 4 is 29.1 Å². The predicted octanol–water partition coefficient (Wildman–Crippen LogP) is -1.49. The minimum Gasteiger partial charge on any atom is -0.510 e. The quantitative estimate of drug-likeness (QED) is 0.143. The monoisotopic (exact) mass is 574 g/mol. The molecule has 1 aromatic rings. The first-order valence-corrected chi connectivity index (χ1v) is 12.8. The Kier molecular flexibility index (Phi) is 7.52. The molecule has 0 bridgehead atoms. The Morgan fingerprint density at radius 3 is 2.24 bits per heavy atom. The van der Waals surface area contributed by atoms with E-state index in [0.29, 0.717) is 0 Å². The highest BCUT2D eigenvalue weighted by Crippen LogP contribution is 2.56. The minimum absolute atomic E-state index is 0.175. The van der Waals surface area contributed by atoms with Crippen molar-refractivity contribution in [1.29, 1.82) is 0 Å². The average Bonchev–Trinajstić information content (AvgIpc) is 2.87. The molecular formula is C27H34N4O10. The van der Waals surface area contributed by atoms with E-state index in [9.17, 15) is 49.8 Å². The molecule has 222 valence electrons. The number of nitrogens with zero attached hydrogens (tertiary/aromatic N) is 2. The molecule has 6 unspecified atom stereocenters. The van der Waals surface area contributed by atoms with E-state index in [2.05, 4.69) is 5.32 Å². The van der Waals surface area contributed by atoms with E-state index in [4.69, 9.17) is 5.73 Å². The second-order valence-corrected chi connectivity index (χ2v) is 11.1. The summed E-state index contributed by atoms with van der Waals surface area (Å²) in [6.45, 7) is 1.07. The van der Waals surface area contributed by atoms with Crippen LogP contribution in [0.4, 0.5) is 5.69 Å². The third-order valence-corrected chi connectivity index (χ3v) is 8.49. The number of nitrogens with one attached hydrogen (secondary N) is 1. The number of aromatic hydroxyl groups is 1. The molecule has 14 heteroatoms. The number of ketones is 2. The van der Waals surface area contributed by atoms with Crippen molar-refractivity contribution in [2.24, 2.45) is 17.6 Å². The van der Waals surface area contributed by atoms with Crippen LogP contribution in [0.1, 0.15) is 28.8 Å². The second kappa shape index (κ2) is 10.2. The molecule has 41 heavy (non-hydrogen) atoms. The molecular weight excluding hydrogens is 540 g/mol. The van der Waals surface area contributed by atoms with Crippen molar-refractivity contribution in [3.05, 3.63) is 45.9 Å².